The predicted molar refractivity (Wildman–Crippen MR) is 134 cm³/mol. The van der Waals surface area contributed by atoms with E-state index in [9.17, 15) is 20.4 Å². The molecule has 0 radical (unpaired) electrons. The maximum Gasteiger partial charge on any atom is 0.247 e. The lowest BCUT2D eigenvalue weighted by Crippen LogP contribution is -2.59. The summed E-state index contributed by atoms with van der Waals surface area (Å²) in [4.78, 5) is 14.0. The maximum absolute atomic E-state index is 10.0. The van der Waals surface area contributed by atoms with Gasteiger partial charge in [0.25, 0.3) is 0 Å². The fourth-order valence-electron chi connectivity index (χ4n) is 3.91. The van der Waals surface area contributed by atoms with Crippen molar-refractivity contribution in [2.75, 3.05) is 18.9 Å². The van der Waals surface area contributed by atoms with E-state index >= 15 is 0 Å². The molecule has 6 N–H and O–H groups in total. The number of hydrogen-bond donors (Lipinski definition) is 5. The van der Waals surface area contributed by atoms with E-state index in [0.29, 0.717) is 43.2 Å². The van der Waals surface area contributed by atoms with Crippen LogP contribution in [0.3, 0.4) is 0 Å². The molecule has 198 valence electrons. The van der Waals surface area contributed by atoms with Crippen molar-refractivity contribution < 1.29 is 34.6 Å². The molecule has 36 heavy (non-hydrogen) atoms. The number of aromatic nitrogens is 4. The minimum atomic E-state index is -1.44. The summed E-state index contributed by atoms with van der Waals surface area (Å²) in [6.45, 7) is 0.879. The Labute approximate surface area is 219 Å². The molecule has 1 aliphatic heterocycles. The van der Waals surface area contributed by atoms with Crippen molar-refractivity contribution in [3.8, 4) is 5.88 Å². The van der Waals surface area contributed by atoms with Crippen LogP contribution >= 0.6 is 27.3 Å². The number of anilines is 1. The number of aliphatic hydroxyl groups excluding tert-OH is 4. The predicted octanol–water partition coefficient (Wildman–Crippen LogP) is 1.19. The number of rotatable bonds is 12. The molecule has 1 saturated heterocycles. The highest BCUT2D eigenvalue weighted by Crippen LogP contribution is 2.26. The lowest BCUT2D eigenvalue weighted by Gasteiger charge is -2.39. The van der Waals surface area contributed by atoms with Gasteiger partial charge in [-0.1, -0.05) is 12.8 Å². The average molecular weight is 588 g/mol. The first kappa shape index (κ1) is 27.1. The van der Waals surface area contributed by atoms with E-state index in [1.807, 2.05) is 16.0 Å². The Balaban J connectivity index is 1.21. The summed E-state index contributed by atoms with van der Waals surface area (Å²) in [5, 5.41) is 40.9. The first-order chi connectivity index (χ1) is 17.4. The van der Waals surface area contributed by atoms with Crippen LogP contribution in [0.1, 0.15) is 30.6 Å². The van der Waals surface area contributed by atoms with Crippen LogP contribution in [0.5, 0.6) is 5.88 Å². The van der Waals surface area contributed by atoms with Crippen molar-refractivity contribution in [2.45, 2.75) is 69.5 Å². The fraction of sp³-hybridized carbons (Fsp3) is 0.591. The summed E-state index contributed by atoms with van der Waals surface area (Å²) in [6, 6.07) is 1.99. The fourth-order valence-corrected chi connectivity index (χ4v) is 5.27. The lowest BCUT2D eigenvalue weighted by molar-refractivity contribution is -0.301. The molecule has 4 rings (SSSR count). The number of ether oxygens (including phenoxy) is 3. The molecular weight excluding hydrogens is 558 g/mol. The second-order valence-corrected chi connectivity index (χ2v) is 10.4. The molecule has 3 aromatic heterocycles. The number of nitrogens with zero attached hydrogens (tertiary/aromatic N) is 4. The third kappa shape index (κ3) is 6.50. The quantitative estimate of drug-likeness (QED) is 0.192. The number of nitrogen functional groups attached to an aromatic ring is 1. The minimum absolute atomic E-state index is 0.122. The second kappa shape index (κ2) is 12.6. The van der Waals surface area contributed by atoms with Crippen LogP contribution in [0.2, 0.25) is 0 Å². The number of nitrogens with two attached hydrogens (primary N) is 1. The topological polar surface area (TPSA) is 178 Å². The molecule has 1 fully saturated rings. The van der Waals surface area contributed by atoms with Crippen molar-refractivity contribution in [3.63, 3.8) is 0 Å². The van der Waals surface area contributed by atoms with Gasteiger partial charge in [0.2, 0.25) is 11.8 Å². The van der Waals surface area contributed by atoms with Gasteiger partial charge in [0, 0.05) is 27.9 Å². The molecule has 14 heteroatoms. The van der Waals surface area contributed by atoms with E-state index in [-0.39, 0.29) is 5.95 Å². The lowest BCUT2D eigenvalue weighted by atomic mass is 9.99. The van der Waals surface area contributed by atoms with E-state index in [2.05, 4.69) is 30.9 Å². The van der Waals surface area contributed by atoms with E-state index in [1.165, 1.54) is 0 Å². The van der Waals surface area contributed by atoms with E-state index in [1.54, 1.807) is 17.7 Å². The van der Waals surface area contributed by atoms with Crippen molar-refractivity contribution >= 4 is 44.4 Å². The average Bonchev–Trinajstić information content (AvgIpc) is 3.47. The van der Waals surface area contributed by atoms with E-state index < -0.39 is 37.3 Å². The molecular formula is C22H30BrN5O7S. The van der Waals surface area contributed by atoms with Gasteiger partial charge in [-0.25, -0.2) is 4.98 Å². The zero-order chi connectivity index (χ0) is 25.7. The summed E-state index contributed by atoms with van der Waals surface area (Å²) in [6.07, 6.45) is -1.21. The van der Waals surface area contributed by atoms with Crippen LogP contribution in [-0.4, -0.2) is 83.9 Å². The SMILES string of the molecule is Nc1nc(OCc2cc(Br)cs2)c2ncn(CCCCCCO[C@@H]3O[C@H](CO)[C@@H](O)[C@H](O)[C@H]3O)c2n1. The molecule has 3 aromatic rings. The standard InChI is InChI=1S/C22H30BrN5O7S/c23-12-7-13(36-10-12)9-34-20-15-19(26-22(24)27-20)28(11-25-15)5-3-1-2-4-6-33-21-18(32)17(31)16(30)14(8-29)35-21/h7,10-11,14,16-18,21,29-32H,1-6,8-9H2,(H2,24,26,27)/t14-,16-,17+,18-,21-/m1/s1. The first-order valence-corrected chi connectivity index (χ1v) is 13.3. The number of thiophene rings is 1. The molecule has 0 aliphatic carbocycles. The number of halogens is 1. The Morgan fingerprint density at radius 3 is 2.67 bits per heavy atom. The highest BCUT2D eigenvalue weighted by molar-refractivity contribution is 9.10. The van der Waals surface area contributed by atoms with Crippen molar-refractivity contribution in [2.24, 2.45) is 0 Å². The molecule has 4 heterocycles. The molecule has 1 aliphatic rings. The van der Waals surface area contributed by atoms with Gasteiger partial charge < -0.3 is 44.9 Å². The normalized spacial score (nSPS) is 24.4. The molecule has 0 bridgehead atoms. The number of aryl methyl sites for hydroxylation is 1. The van der Waals surface area contributed by atoms with E-state index in [4.69, 9.17) is 19.9 Å². The van der Waals surface area contributed by atoms with Crippen LogP contribution in [-0.2, 0) is 22.6 Å². The maximum atomic E-state index is 10.0. The molecule has 0 unspecified atom stereocenters. The summed E-state index contributed by atoms with van der Waals surface area (Å²) in [7, 11) is 0. The van der Waals surface area contributed by atoms with Crippen molar-refractivity contribution in [1.29, 1.82) is 0 Å². The van der Waals surface area contributed by atoms with Crippen molar-refractivity contribution in [1.82, 2.24) is 19.5 Å². The molecule has 0 amide bonds. The number of hydrogen-bond acceptors (Lipinski definition) is 12. The van der Waals surface area contributed by atoms with E-state index in [0.717, 1.165) is 28.6 Å². The minimum Gasteiger partial charge on any atom is -0.470 e. The summed E-state index contributed by atoms with van der Waals surface area (Å²) >= 11 is 5.01. The Morgan fingerprint density at radius 1 is 1.11 bits per heavy atom. The van der Waals surface area contributed by atoms with Gasteiger partial charge in [-0.3, -0.25) is 0 Å². The van der Waals surface area contributed by atoms with Gasteiger partial charge in [0.15, 0.2) is 17.5 Å². The van der Waals surface area contributed by atoms with Crippen LogP contribution in [0, 0.1) is 0 Å². The third-order valence-corrected chi connectivity index (χ3v) is 7.52. The highest BCUT2D eigenvalue weighted by atomic mass is 79.9. The van der Waals surface area contributed by atoms with Crippen molar-refractivity contribution in [3.05, 3.63) is 27.1 Å². The van der Waals surface area contributed by atoms with Crippen LogP contribution < -0.4 is 10.5 Å². The summed E-state index contributed by atoms with van der Waals surface area (Å²) < 4.78 is 19.6. The first-order valence-electron chi connectivity index (χ1n) is 11.6. The van der Waals surface area contributed by atoms with Crippen LogP contribution in [0.4, 0.5) is 5.95 Å². The number of aliphatic hydroxyl groups is 4. The highest BCUT2D eigenvalue weighted by Gasteiger charge is 2.43. The smallest absolute Gasteiger partial charge is 0.247 e. The zero-order valence-corrected chi connectivity index (χ0v) is 21.8. The number of fused-ring (bicyclic) bond motifs is 1. The second-order valence-electron chi connectivity index (χ2n) is 8.50. The zero-order valence-electron chi connectivity index (χ0n) is 19.4. The Morgan fingerprint density at radius 2 is 1.92 bits per heavy atom. The molecule has 12 nitrogen and oxygen atoms in total. The van der Waals surface area contributed by atoms with Gasteiger partial charge in [-0.05, 0) is 34.8 Å². The van der Waals surface area contributed by atoms with Gasteiger partial charge in [0.05, 0.1) is 12.9 Å². The Bertz CT molecular complexity index is 1130. The molecule has 0 saturated carbocycles. The summed E-state index contributed by atoms with van der Waals surface area (Å²) in [5.74, 6) is 0.475. The Kier molecular flexibility index (Phi) is 9.47. The molecule has 5 atom stereocenters. The van der Waals surface area contributed by atoms with Crippen LogP contribution in [0.25, 0.3) is 11.2 Å². The number of imidazole rings is 1. The third-order valence-electron chi connectivity index (χ3n) is 5.85. The summed E-state index contributed by atoms with van der Waals surface area (Å²) in [5.41, 5.74) is 7.09. The van der Waals surface area contributed by atoms with Gasteiger partial charge >= 0.3 is 0 Å². The monoisotopic (exact) mass is 587 g/mol. The van der Waals surface area contributed by atoms with Crippen LogP contribution in [0.15, 0.2) is 22.2 Å². The van der Waals surface area contributed by atoms with Gasteiger partial charge in [0.1, 0.15) is 31.0 Å². The molecule has 0 aromatic carbocycles. The Hall–Kier alpha value is -1.91. The molecule has 0 spiro atoms. The van der Waals surface area contributed by atoms with Gasteiger partial charge in [-0.2, -0.15) is 9.97 Å². The van der Waals surface area contributed by atoms with Gasteiger partial charge in [-0.15, -0.1) is 11.3 Å². The largest absolute Gasteiger partial charge is 0.470 e. The number of unbranched alkanes of at least 4 members (excludes halogenated alkanes) is 3.